The molecule has 21 heavy (non-hydrogen) atoms. The second-order valence-electron chi connectivity index (χ2n) is 6.13. The quantitative estimate of drug-likeness (QED) is 0.909. The van der Waals surface area contributed by atoms with Crippen LogP contribution in [0, 0.1) is 5.92 Å². The number of nitrogens with one attached hydrogen (secondary N) is 1. The standard InChI is InChI=1S/C17H23N3O/c1-12-8-9-20(11-15(12)18)17(21)7-6-13-10-19-16-5-3-2-4-14(13)16/h2-5,10,12,15,19H,6-9,11,18H2,1H3. The summed E-state index contributed by atoms with van der Waals surface area (Å²) in [5, 5.41) is 1.22. The van der Waals surface area contributed by atoms with Crippen LogP contribution in [0.5, 0.6) is 0 Å². The fraction of sp³-hybridized carbons (Fsp3) is 0.471. The summed E-state index contributed by atoms with van der Waals surface area (Å²) >= 11 is 0. The van der Waals surface area contributed by atoms with E-state index in [0.717, 1.165) is 24.9 Å². The molecule has 1 saturated heterocycles. The van der Waals surface area contributed by atoms with E-state index in [4.69, 9.17) is 5.73 Å². The van der Waals surface area contributed by atoms with Crippen LogP contribution < -0.4 is 5.73 Å². The van der Waals surface area contributed by atoms with Crippen molar-refractivity contribution in [3.63, 3.8) is 0 Å². The average molecular weight is 285 g/mol. The van der Waals surface area contributed by atoms with Crippen LogP contribution in [-0.2, 0) is 11.2 Å². The number of benzene rings is 1. The second kappa shape index (κ2) is 5.90. The lowest BCUT2D eigenvalue weighted by Gasteiger charge is -2.35. The minimum Gasteiger partial charge on any atom is -0.361 e. The number of likely N-dealkylation sites (tertiary alicyclic amines) is 1. The number of H-pyrrole nitrogens is 1. The number of aromatic amines is 1. The van der Waals surface area contributed by atoms with Crippen molar-refractivity contribution in [1.82, 2.24) is 9.88 Å². The van der Waals surface area contributed by atoms with E-state index in [9.17, 15) is 4.79 Å². The zero-order valence-electron chi connectivity index (χ0n) is 12.5. The molecule has 2 unspecified atom stereocenters. The van der Waals surface area contributed by atoms with Crippen LogP contribution in [0.1, 0.15) is 25.3 Å². The van der Waals surface area contributed by atoms with Crippen molar-refractivity contribution in [2.75, 3.05) is 13.1 Å². The van der Waals surface area contributed by atoms with E-state index < -0.39 is 0 Å². The molecule has 0 saturated carbocycles. The number of carbonyl (C=O) groups is 1. The first-order valence-electron chi connectivity index (χ1n) is 7.73. The van der Waals surface area contributed by atoms with Gasteiger partial charge in [-0.25, -0.2) is 0 Å². The van der Waals surface area contributed by atoms with Crippen molar-refractivity contribution in [2.45, 2.75) is 32.2 Å². The number of piperidine rings is 1. The van der Waals surface area contributed by atoms with Crippen molar-refractivity contribution in [3.05, 3.63) is 36.0 Å². The first-order chi connectivity index (χ1) is 10.1. The predicted molar refractivity (Wildman–Crippen MR) is 85.0 cm³/mol. The molecule has 1 amide bonds. The van der Waals surface area contributed by atoms with Crippen molar-refractivity contribution in [3.8, 4) is 0 Å². The van der Waals surface area contributed by atoms with Crippen LogP contribution >= 0.6 is 0 Å². The van der Waals surface area contributed by atoms with Gasteiger partial charge in [0.25, 0.3) is 0 Å². The number of aromatic nitrogens is 1. The lowest BCUT2D eigenvalue weighted by molar-refractivity contribution is -0.132. The van der Waals surface area contributed by atoms with Gasteiger partial charge >= 0.3 is 0 Å². The molecule has 4 nitrogen and oxygen atoms in total. The highest BCUT2D eigenvalue weighted by Gasteiger charge is 2.25. The number of aryl methyl sites for hydroxylation is 1. The van der Waals surface area contributed by atoms with Gasteiger partial charge in [-0.2, -0.15) is 0 Å². The zero-order chi connectivity index (χ0) is 14.8. The molecule has 112 valence electrons. The summed E-state index contributed by atoms with van der Waals surface area (Å²) in [6.45, 7) is 3.72. The summed E-state index contributed by atoms with van der Waals surface area (Å²) in [5.74, 6) is 0.741. The molecule has 1 aliphatic rings. The number of nitrogens with zero attached hydrogens (tertiary/aromatic N) is 1. The molecule has 2 aromatic rings. The molecule has 3 rings (SSSR count). The normalized spacial score (nSPS) is 22.7. The van der Waals surface area contributed by atoms with Crippen molar-refractivity contribution in [1.29, 1.82) is 0 Å². The van der Waals surface area contributed by atoms with Gasteiger partial charge in [0.1, 0.15) is 0 Å². The smallest absolute Gasteiger partial charge is 0.222 e. The predicted octanol–water partition coefficient (Wildman–Crippen LogP) is 2.30. The van der Waals surface area contributed by atoms with Crippen molar-refractivity contribution in [2.24, 2.45) is 11.7 Å². The van der Waals surface area contributed by atoms with Crippen molar-refractivity contribution < 1.29 is 4.79 Å². The third-order valence-corrected chi connectivity index (χ3v) is 4.65. The Bertz CT molecular complexity index is 634. The lowest BCUT2D eigenvalue weighted by atomic mass is 9.94. The topological polar surface area (TPSA) is 62.1 Å². The molecule has 0 spiro atoms. The fourth-order valence-corrected chi connectivity index (χ4v) is 3.06. The second-order valence-corrected chi connectivity index (χ2v) is 6.13. The Kier molecular flexibility index (Phi) is 3.97. The third kappa shape index (κ3) is 2.95. The van der Waals surface area contributed by atoms with Gasteiger partial charge in [-0.1, -0.05) is 25.1 Å². The molecular weight excluding hydrogens is 262 g/mol. The van der Waals surface area contributed by atoms with Crippen LogP contribution in [0.15, 0.2) is 30.5 Å². The van der Waals surface area contributed by atoms with Gasteiger partial charge in [-0.3, -0.25) is 4.79 Å². The number of carbonyl (C=O) groups excluding carboxylic acids is 1. The molecule has 0 radical (unpaired) electrons. The Labute approximate surface area is 125 Å². The van der Waals surface area contributed by atoms with E-state index >= 15 is 0 Å². The van der Waals surface area contributed by atoms with Gasteiger partial charge in [0.2, 0.25) is 5.91 Å². The van der Waals surface area contributed by atoms with E-state index in [1.165, 1.54) is 10.9 Å². The number of fused-ring (bicyclic) bond motifs is 1. The van der Waals surface area contributed by atoms with Crippen molar-refractivity contribution >= 4 is 16.8 Å². The molecule has 3 N–H and O–H groups in total. The molecule has 1 fully saturated rings. The molecule has 1 aromatic carbocycles. The maximum absolute atomic E-state index is 12.3. The third-order valence-electron chi connectivity index (χ3n) is 4.65. The number of hydrogen-bond acceptors (Lipinski definition) is 2. The van der Waals surface area contributed by atoms with Crippen LogP contribution in [0.2, 0.25) is 0 Å². The summed E-state index contributed by atoms with van der Waals surface area (Å²) in [7, 11) is 0. The number of para-hydroxylation sites is 1. The summed E-state index contributed by atoms with van der Waals surface area (Å²) in [6.07, 6.45) is 4.37. The Morgan fingerprint density at radius 3 is 3.05 bits per heavy atom. The first kappa shape index (κ1) is 14.1. The Morgan fingerprint density at radius 1 is 1.43 bits per heavy atom. The highest BCUT2D eigenvalue weighted by molar-refractivity contribution is 5.84. The summed E-state index contributed by atoms with van der Waals surface area (Å²) in [4.78, 5) is 17.5. The molecule has 2 heterocycles. The van der Waals surface area contributed by atoms with E-state index in [1.807, 2.05) is 23.2 Å². The molecule has 0 aliphatic carbocycles. The average Bonchev–Trinajstić information content (AvgIpc) is 2.91. The Balaban J connectivity index is 1.61. The maximum atomic E-state index is 12.3. The maximum Gasteiger partial charge on any atom is 0.222 e. The largest absolute Gasteiger partial charge is 0.361 e. The summed E-state index contributed by atoms with van der Waals surface area (Å²) in [5.41, 5.74) is 8.42. The minimum absolute atomic E-state index is 0.121. The molecular formula is C17H23N3O. The lowest BCUT2D eigenvalue weighted by Crippen LogP contribution is -2.49. The van der Waals surface area contributed by atoms with Gasteiger partial charge < -0.3 is 15.6 Å². The molecule has 1 aliphatic heterocycles. The van der Waals surface area contributed by atoms with Crippen LogP contribution in [0.3, 0.4) is 0 Å². The van der Waals surface area contributed by atoms with Crippen LogP contribution in [0.4, 0.5) is 0 Å². The first-order valence-corrected chi connectivity index (χ1v) is 7.73. The highest BCUT2D eigenvalue weighted by atomic mass is 16.2. The monoisotopic (exact) mass is 285 g/mol. The molecule has 1 aromatic heterocycles. The Morgan fingerprint density at radius 2 is 2.24 bits per heavy atom. The SMILES string of the molecule is CC1CCN(C(=O)CCc2c[nH]c3ccccc23)CC1N. The van der Waals surface area contributed by atoms with Gasteiger partial charge in [0.15, 0.2) is 0 Å². The van der Waals surface area contributed by atoms with Crippen LogP contribution in [0.25, 0.3) is 10.9 Å². The van der Waals surface area contributed by atoms with Gasteiger partial charge in [-0.05, 0) is 30.4 Å². The number of rotatable bonds is 3. The summed E-state index contributed by atoms with van der Waals surface area (Å²) in [6, 6.07) is 8.34. The zero-order valence-corrected chi connectivity index (χ0v) is 12.5. The highest BCUT2D eigenvalue weighted by Crippen LogP contribution is 2.20. The van der Waals surface area contributed by atoms with E-state index in [2.05, 4.69) is 24.0 Å². The number of nitrogens with two attached hydrogens (primary N) is 1. The van der Waals surface area contributed by atoms with Gasteiger partial charge in [0.05, 0.1) is 0 Å². The molecule has 4 heteroatoms. The summed E-state index contributed by atoms with van der Waals surface area (Å²) < 4.78 is 0. The Hall–Kier alpha value is -1.81. The van der Waals surface area contributed by atoms with Gasteiger partial charge in [-0.15, -0.1) is 0 Å². The minimum atomic E-state index is 0.121. The van der Waals surface area contributed by atoms with E-state index in [-0.39, 0.29) is 11.9 Å². The fourth-order valence-electron chi connectivity index (χ4n) is 3.06. The molecule has 2 atom stereocenters. The number of amides is 1. The van der Waals surface area contributed by atoms with E-state index in [0.29, 0.717) is 18.9 Å². The number of hydrogen-bond donors (Lipinski definition) is 2. The molecule has 0 bridgehead atoms. The van der Waals surface area contributed by atoms with E-state index in [1.54, 1.807) is 0 Å². The van der Waals surface area contributed by atoms with Crippen LogP contribution in [-0.4, -0.2) is 34.9 Å². The van der Waals surface area contributed by atoms with Gasteiger partial charge in [0, 0.05) is 42.7 Å².